The van der Waals surface area contributed by atoms with Gasteiger partial charge in [-0.15, -0.1) is 0 Å². The molecule has 0 saturated heterocycles. The highest BCUT2D eigenvalue weighted by atomic mass is 35.5. The van der Waals surface area contributed by atoms with Crippen molar-refractivity contribution in [1.29, 1.82) is 0 Å². The van der Waals surface area contributed by atoms with Crippen molar-refractivity contribution in [2.24, 2.45) is 4.99 Å². The lowest BCUT2D eigenvalue weighted by atomic mass is 10.1. The van der Waals surface area contributed by atoms with Crippen LogP contribution in [0.4, 0.5) is 30.2 Å². The average molecular weight is 370 g/mol. The summed E-state index contributed by atoms with van der Waals surface area (Å²) in [6.45, 7) is 4.72. The molecule has 0 atom stereocenters. The van der Waals surface area contributed by atoms with Crippen molar-refractivity contribution in [1.82, 2.24) is 4.90 Å². The summed E-state index contributed by atoms with van der Waals surface area (Å²) >= 11 is 6.26. The van der Waals surface area contributed by atoms with Gasteiger partial charge >= 0.3 is 6.18 Å². The maximum Gasteiger partial charge on any atom is 0.416 e. The molecular formula is C18H19ClF3N3. The SMILES string of the molecule is CCN(C)C=Nc1cc(C)c(Nc2ccc(C(F)(F)F)cc2)cc1Cl. The average Bonchev–Trinajstić information content (AvgIpc) is 2.56. The molecular weight excluding hydrogens is 351 g/mol. The van der Waals surface area contributed by atoms with Crippen LogP contribution in [0.15, 0.2) is 41.4 Å². The van der Waals surface area contributed by atoms with Crippen LogP contribution >= 0.6 is 11.6 Å². The van der Waals surface area contributed by atoms with E-state index in [9.17, 15) is 13.2 Å². The Labute approximate surface area is 150 Å². The predicted molar refractivity (Wildman–Crippen MR) is 97.4 cm³/mol. The monoisotopic (exact) mass is 369 g/mol. The third-order valence-electron chi connectivity index (χ3n) is 3.68. The van der Waals surface area contributed by atoms with Gasteiger partial charge in [-0.3, -0.25) is 0 Å². The first kappa shape index (κ1) is 19.1. The number of halogens is 4. The Bertz CT molecular complexity index is 755. The van der Waals surface area contributed by atoms with E-state index in [4.69, 9.17) is 11.6 Å². The molecule has 3 nitrogen and oxygen atoms in total. The van der Waals surface area contributed by atoms with Gasteiger partial charge in [0.05, 0.1) is 22.6 Å². The van der Waals surface area contributed by atoms with Gasteiger partial charge in [0.1, 0.15) is 0 Å². The molecule has 0 fully saturated rings. The summed E-state index contributed by atoms with van der Waals surface area (Å²) in [6, 6.07) is 8.40. The number of hydrogen-bond donors (Lipinski definition) is 1. The lowest BCUT2D eigenvalue weighted by Crippen LogP contribution is -2.14. The molecule has 0 radical (unpaired) electrons. The molecule has 2 aromatic rings. The molecule has 0 bridgehead atoms. The number of hydrogen-bond acceptors (Lipinski definition) is 2. The van der Waals surface area contributed by atoms with E-state index in [1.54, 1.807) is 12.4 Å². The summed E-state index contributed by atoms with van der Waals surface area (Å²) in [5.41, 5.74) is 2.10. The predicted octanol–water partition coefficient (Wildman–Crippen LogP) is 6.02. The minimum absolute atomic E-state index is 0.459. The fraction of sp³-hybridized carbons (Fsp3) is 0.278. The molecule has 0 amide bonds. The Kier molecular flexibility index (Phi) is 5.95. The van der Waals surface area contributed by atoms with E-state index in [2.05, 4.69) is 10.3 Å². The van der Waals surface area contributed by atoms with Gasteiger partial charge in [-0.05, 0) is 55.8 Å². The molecule has 7 heteroatoms. The van der Waals surface area contributed by atoms with Crippen molar-refractivity contribution in [2.45, 2.75) is 20.0 Å². The van der Waals surface area contributed by atoms with Crippen LogP contribution in [-0.2, 0) is 6.18 Å². The van der Waals surface area contributed by atoms with Gasteiger partial charge in [-0.1, -0.05) is 11.6 Å². The zero-order valence-corrected chi connectivity index (χ0v) is 14.9. The fourth-order valence-corrected chi connectivity index (χ4v) is 2.25. The molecule has 0 spiro atoms. The molecule has 2 aromatic carbocycles. The van der Waals surface area contributed by atoms with Crippen LogP contribution < -0.4 is 5.32 Å². The van der Waals surface area contributed by atoms with Crippen molar-refractivity contribution in [3.8, 4) is 0 Å². The van der Waals surface area contributed by atoms with E-state index in [0.717, 1.165) is 24.2 Å². The van der Waals surface area contributed by atoms with Gasteiger partial charge in [0, 0.05) is 25.0 Å². The minimum atomic E-state index is -4.34. The molecule has 0 saturated carbocycles. The normalized spacial score (nSPS) is 11.8. The third-order valence-corrected chi connectivity index (χ3v) is 3.98. The maximum absolute atomic E-state index is 12.6. The standard InChI is InChI=1S/C18H19ClF3N3/c1-4-25(3)11-23-17-9-12(2)16(10-15(17)19)24-14-7-5-13(6-8-14)18(20,21)22/h5-11,24H,4H2,1-3H3. The van der Waals surface area contributed by atoms with E-state index in [1.807, 2.05) is 31.9 Å². The Morgan fingerprint density at radius 1 is 1.20 bits per heavy atom. The van der Waals surface area contributed by atoms with Gasteiger partial charge in [0.2, 0.25) is 0 Å². The van der Waals surface area contributed by atoms with Crippen molar-refractivity contribution in [2.75, 3.05) is 18.9 Å². The van der Waals surface area contributed by atoms with E-state index >= 15 is 0 Å². The summed E-state index contributed by atoms with van der Waals surface area (Å²) in [5.74, 6) is 0. The van der Waals surface area contributed by atoms with Gasteiger partial charge in [-0.25, -0.2) is 4.99 Å². The Balaban J connectivity index is 2.20. The second kappa shape index (κ2) is 7.78. The summed E-state index contributed by atoms with van der Waals surface area (Å²) in [4.78, 5) is 6.26. The van der Waals surface area contributed by atoms with E-state index in [-0.39, 0.29) is 0 Å². The van der Waals surface area contributed by atoms with Crippen LogP contribution in [0.5, 0.6) is 0 Å². The second-order valence-electron chi connectivity index (χ2n) is 5.64. The quantitative estimate of drug-likeness (QED) is 0.515. The number of benzene rings is 2. The van der Waals surface area contributed by atoms with Crippen LogP contribution in [0.3, 0.4) is 0 Å². The minimum Gasteiger partial charge on any atom is -0.366 e. The van der Waals surface area contributed by atoms with Crippen molar-refractivity contribution >= 4 is 35.0 Å². The summed E-state index contributed by atoms with van der Waals surface area (Å²) in [6.07, 6.45) is -2.65. The number of rotatable bonds is 5. The van der Waals surface area contributed by atoms with E-state index in [1.165, 1.54) is 12.1 Å². The fourth-order valence-electron chi connectivity index (χ4n) is 2.04. The Morgan fingerprint density at radius 3 is 2.40 bits per heavy atom. The first-order valence-corrected chi connectivity index (χ1v) is 8.07. The zero-order chi connectivity index (χ0) is 18.6. The summed E-state index contributed by atoms with van der Waals surface area (Å²) in [7, 11) is 1.91. The second-order valence-corrected chi connectivity index (χ2v) is 6.04. The molecule has 0 aliphatic rings. The van der Waals surface area contributed by atoms with Gasteiger partial charge < -0.3 is 10.2 Å². The summed E-state index contributed by atoms with van der Waals surface area (Å²) < 4.78 is 37.8. The van der Waals surface area contributed by atoms with Crippen molar-refractivity contribution in [3.05, 3.63) is 52.5 Å². The highest BCUT2D eigenvalue weighted by Gasteiger charge is 2.29. The Hall–Kier alpha value is -2.21. The molecule has 2 rings (SSSR count). The maximum atomic E-state index is 12.6. The smallest absolute Gasteiger partial charge is 0.366 e. The lowest BCUT2D eigenvalue weighted by Gasteiger charge is -2.13. The first-order chi connectivity index (χ1) is 11.7. The molecule has 0 aliphatic carbocycles. The first-order valence-electron chi connectivity index (χ1n) is 7.69. The summed E-state index contributed by atoms with van der Waals surface area (Å²) in [5, 5.41) is 3.54. The van der Waals surface area contributed by atoms with Crippen LogP contribution in [0.1, 0.15) is 18.1 Å². The highest BCUT2D eigenvalue weighted by Crippen LogP contribution is 2.34. The molecule has 134 valence electrons. The number of aryl methyl sites for hydroxylation is 1. The number of nitrogens with one attached hydrogen (secondary N) is 1. The number of nitrogens with zero attached hydrogens (tertiary/aromatic N) is 2. The highest BCUT2D eigenvalue weighted by molar-refractivity contribution is 6.33. The zero-order valence-electron chi connectivity index (χ0n) is 14.2. The largest absolute Gasteiger partial charge is 0.416 e. The molecule has 25 heavy (non-hydrogen) atoms. The number of anilines is 2. The topological polar surface area (TPSA) is 27.6 Å². The van der Waals surface area contributed by atoms with Gasteiger partial charge in [0.25, 0.3) is 0 Å². The molecule has 1 N–H and O–H groups in total. The molecule has 0 heterocycles. The van der Waals surface area contributed by atoms with Crippen LogP contribution in [-0.4, -0.2) is 24.8 Å². The third kappa shape index (κ3) is 5.13. The molecule has 0 aliphatic heterocycles. The van der Waals surface area contributed by atoms with Crippen molar-refractivity contribution in [3.63, 3.8) is 0 Å². The van der Waals surface area contributed by atoms with Crippen molar-refractivity contribution < 1.29 is 13.2 Å². The van der Waals surface area contributed by atoms with Gasteiger partial charge in [-0.2, -0.15) is 13.2 Å². The Morgan fingerprint density at radius 2 is 1.84 bits per heavy atom. The van der Waals surface area contributed by atoms with E-state index < -0.39 is 11.7 Å². The van der Waals surface area contributed by atoms with E-state index in [0.29, 0.717) is 22.1 Å². The molecule has 0 unspecified atom stereocenters. The lowest BCUT2D eigenvalue weighted by molar-refractivity contribution is -0.137. The number of alkyl halides is 3. The molecule has 0 aromatic heterocycles. The van der Waals surface area contributed by atoms with Crippen LogP contribution in [0.25, 0.3) is 0 Å². The van der Waals surface area contributed by atoms with Crippen LogP contribution in [0, 0.1) is 6.92 Å². The van der Waals surface area contributed by atoms with Crippen LogP contribution in [0.2, 0.25) is 5.02 Å². The number of aliphatic imine (C=N–C) groups is 1. The van der Waals surface area contributed by atoms with Gasteiger partial charge in [0.15, 0.2) is 0 Å².